The zero-order chi connectivity index (χ0) is 17.4. The number of nitrogens with one attached hydrogen (secondary N) is 2. The van der Waals surface area contributed by atoms with Crippen molar-refractivity contribution in [3.63, 3.8) is 0 Å². The summed E-state index contributed by atoms with van der Waals surface area (Å²) in [6, 6.07) is 4.18. The molecular weight excluding hydrogens is 321 g/mol. The first-order valence-corrected chi connectivity index (χ1v) is 9.19. The van der Waals surface area contributed by atoms with Crippen LogP contribution in [0.25, 0.3) is 0 Å². The Kier molecular flexibility index (Phi) is 4.23. The van der Waals surface area contributed by atoms with Gasteiger partial charge in [-0.15, -0.1) is 0 Å². The van der Waals surface area contributed by atoms with Crippen molar-refractivity contribution in [1.82, 2.24) is 10.2 Å². The number of amides is 2. The van der Waals surface area contributed by atoms with E-state index >= 15 is 0 Å². The third kappa shape index (κ3) is 3.03. The van der Waals surface area contributed by atoms with Crippen molar-refractivity contribution < 1.29 is 14.0 Å². The van der Waals surface area contributed by atoms with Gasteiger partial charge in [0.25, 0.3) is 0 Å². The highest BCUT2D eigenvalue weighted by Crippen LogP contribution is 2.41. The van der Waals surface area contributed by atoms with Gasteiger partial charge in [-0.05, 0) is 69.0 Å². The maximum atomic E-state index is 13.6. The van der Waals surface area contributed by atoms with Crippen molar-refractivity contribution >= 4 is 17.5 Å². The van der Waals surface area contributed by atoms with E-state index in [1.807, 2.05) is 0 Å². The van der Waals surface area contributed by atoms with Gasteiger partial charge in [0.2, 0.25) is 11.8 Å². The van der Waals surface area contributed by atoms with Crippen LogP contribution in [-0.2, 0) is 9.59 Å². The van der Waals surface area contributed by atoms with Crippen LogP contribution in [0.15, 0.2) is 18.2 Å². The Balaban J connectivity index is 1.42. The molecule has 0 aromatic heterocycles. The van der Waals surface area contributed by atoms with Crippen LogP contribution in [-0.4, -0.2) is 41.9 Å². The second-order valence-corrected chi connectivity index (χ2v) is 7.50. The van der Waals surface area contributed by atoms with E-state index in [9.17, 15) is 14.0 Å². The molecule has 2 saturated heterocycles. The fraction of sp³-hybridized carbons (Fsp3) is 0.579. The van der Waals surface area contributed by atoms with Crippen LogP contribution >= 0.6 is 0 Å². The largest absolute Gasteiger partial charge is 0.355 e. The molecule has 4 rings (SSSR count). The molecule has 0 bridgehead atoms. The van der Waals surface area contributed by atoms with Crippen LogP contribution in [0.1, 0.15) is 50.0 Å². The Morgan fingerprint density at radius 3 is 2.84 bits per heavy atom. The summed E-state index contributed by atoms with van der Waals surface area (Å²) in [6.07, 6.45) is 5.92. The highest BCUT2D eigenvalue weighted by molar-refractivity contribution is 6.01. The first-order chi connectivity index (χ1) is 12.1. The van der Waals surface area contributed by atoms with Crippen LogP contribution in [0.3, 0.4) is 0 Å². The van der Waals surface area contributed by atoms with Gasteiger partial charge in [0, 0.05) is 24.2 Å². The number of carbonyl (C=O) groups excluding carboxylic acids is 2. The summed E-state index contributed by atoms with van der Waals surface area (Å²) in [7, 11) is 0. The summed E-state index contributed by atoms with van der Waals surface area (Å²) in [5.41, 5.74) is 1.37. The molecule has 0 aliphatic carbocycles. The van der Waals surface area contributed by atoms with Crippen molar-refractivity contribution in [3.8, 4) is 0 Å². The van der Waals surface area contributed by atoms with E-state index in [2.05, 4.69) is 15.5 Å². The summed E-state index contributed by atoms with van der Waals surface area (Å²) in [4.78, 5) is 27.1. The minimum Gasteiger partial charge on any atom is -0.355 e. The van der Waals surface area contributed by atoms with Gasteiger partial charge in [-0.25, -0.2) is 4.39 Å². The van der Waals surface area contributed by atoms with Crippen LogP contribution in [0.2, 0.25) is 0 Å². The van der Waals surface area contributed by atoms with Gasteiger partial charge in [-0.3, -0.25) is 14.5 Å². The molecular formula is C19H24FN3O2. The fourth-order valence-electron chi connectivity index (χ4n) is 4.84. The topological polar surface area (TPSA) is 61.4 Å². The molecule has 5 nitrogen and oxygen atoms in total. The second kappa shape index (κ2) is 6.41. The molecule has 3 aliphatic rings. The lowest BCUT2D eigenvalue weighted by molar-refractivity contribution is -0.126. The Hall–Kier alpha value is -1.95. The molecule has 0 spiro atoms. The Bertz CT molecular complexity index is 696. The molecule has 25 heavy (non-hydrogen) atoms. The number of fused-ring (bicyclic) bond motifs is 2. The Labute approximate surface area is 147 Å². The number of rotatable bonds is 4. The van der Waals surface area contributed by atoms with Gasteiger partial charge in [0.1, 0.15) is 5.82 Å². The monoisotopic (exact) mass is 345 g/mol. The zero-order valence-corrected chi connectivity index (χ0v) is 14.3. The third-order valence-corrected chi connectivity index (χ3v) is 6.07. The van der Waals surface area contributed by atoms with E-state index in [0.717, 1.165) is 6.42 Å². The van der Waals surface area contributed by atoms with Crippen molar-refractivity contribution in [3.05, 3.63) is 29.6 Å². The first-order valence-electron chi connectivity index (χ1n) is 9.19. The standard InChI is InChI=1S/C19H24FN3O2/c20-13-3-4-16-14(11-13)15(12-17(24)22-16)18(25)21-8-7-19-5-1-9-23(19)10-2-6-19/h3-4,11,15H,1-2,5-10,12H2,(H,21,25)(H,22,24)/t15-/m0/s1. The number of hydrogen-bond acceptors (Lipinski definition) is 3. The van der Waals surface area contributed by atoms with E-state index < -0.39 is 5.92 Å². The summed E-state index contributed by atoms with van der Waals surface area (Å²) < 4.78 is 13.6. The third-order valence-electron chi connectivity index (χ3n) is 6.07. The summed E-state index contributed by atoms with van der Waals surface area (Å²) >= 11 is 0. The second-order valence-electron chi connectivity index (χ2n) is 7.50. The molecule has 0 saturated carbocycles. The number of carbonyl (C=O) groups is 2. The highest BCUT2D eigenvalue weighted by atomic mass is 19.1. The molecule has 0 radical (unpaired) electrons. The van der Waals surface area contributed by atoms with Crippen molar-refractivity contribution in [2.75, 3.05) is 25.0 Å². The van der Waals surface area contributed by atoms with Crippen molar-refractivity contribution in [1.29, 1.82) is 0 Å². The average Bonchev–Trinajstić information content (AvgIpc) is 3.14. The molecule has 1 atom stereocenters. The molecule has 6 heteroatoms. The van der Waals surface area contributed by atoms with Gasteiger partial charge >= 0.3 is 0 Å². The van der Waals surface area contributed by atoms with Crippen LogP contribution < -0.4 is 10.6 Å². The van der Waals surface area contributed by atoms with Crippen molar-refractivity contribution in [2.24, 2.45) is 0 Å². The van der Waals surface area contributed by atoms with Gasteiger partial charge < -0.3 is 10.6 Å². The maximum absolute atomic E-state index is 13.6. The number of benzene rings is 1. The smallest absolute Gasteiger partial charge is 0.228 e. The van der Waals surface area contributed by atoms with Gasteiger partial charge in [0.15, 0.2) is 0 Å². The predicted octanol–water partition coefficient (Wildman–Crippen LogP) is 2.39. The van der Waals surface area contributed by atoms with Gasteiger partial charge in [-0.1, -0.05) is 0 Å². The quantitative estimate of drug-likeness (QED) is 0.881. The lowest BCUT2D eigenvalue weighted by Crippen LogP contribution is -2.42. The SMILES string of the molecule is O=C1C[C@H](C(=O)NCCC23CCCN2CCC3)c2cc(F)ccc2N1. The van der Waals surface area contributed by atoms with Gasteiger partial charge in [0.05, 0.1) is 5.92 Å². The van der Waals surface area contributed by atoms with E-state index in [0.29, 0.717) is 17.8 Å². The number of anilines is 1. The van der Waals surface area contributed by atoms with E-state index in [-0.39, 0.29) is 29.6 Å². The van der Waals surface area contributed by atoms with E-state index in [4.69, 9.17) is 0 Å². The fourth-order valence-corrected chi connectivity index (χ4v) is 4.84. The number of nitrogens with zero attached hydrogens (tertiary/aromatic N) is 1. The first kappa shape index (κ1) is 16.5. The van der Waals surface area contributed by atoms with Crippen LogP contribution in [0, 0.1) is 5.82 Å². The lowest BCUT2D eigenvalue weighted by Gasteiger charge is -2.32. The predicted molar refractivity (Wildman–Crippen MR) is 92.8 cm³/mol. The summed E-state index contributed by atoms with van der Waals surface area (Å²) in [5.74, 6) is -1.38. The average molecular weight is 345 g/mol. The Morgan fingerprint density at radius 2 is 2.08 bits per heavy atom. The normalized spacial score (nSPS) is 24.5. The molecule has 3 aliphatic heterocycles. The highest BCUT2D eigenvalue weighted by Gasteiger charge is 2.43. The minimum absolute atomic E-state index is 0.0690. The number of hydrogen-bond donors (Lipinski definition) is 2. The number of halogens is 1. The lowest BCUT2D eigenvalue weighted by atomic mass is 9.88. The van der Waals surface area contributed by atoms with Crippen LogP contribution in [0.4, 0.5) is 10.1 Å². The molecule has 2 N–H and O–H groups in total. The van der Waals surface area contributed by atoms with E-state index in [1.165, 1.54) is 57.0 Å². The zero-order valence-electron chi connectivity index (χ0n) is 14.3. The Morgan fingerprint density at radius 1 is 1.32 bits per heavy atom. The molecule has 1 aromatic rings. The molecule has 134 valence electrons. The van der Waals surface area contributed by atoms with E-state index in [1.54, 1.807) is 0 Å². The van der Waals surface area contributed by atoms with Crippen LogP contribution in [0.5, 0.6) is 0 Å². The molecule has 3 heterocycles. The molecule has 1 aromatic carbocycles. The molecule has 0 unspecified atom stereocenters. The van der Waals surface area contributed by atoms with Crippen molar-refractivity contribution in [2.45, 2.75) is 50.0 Å². The summed E-state index contributed by atoms with van der Waals surface area (Å²) in [5, 5.41) is 5.71. The maximum Gasteiger partial charge on any atom is 0.228 e. The molecule has 2 amide bonds. The minimum atomic E-state index is -0.611. The summed E-state index contributed by atoms with van der Waals surface area (Å²) in [6.45, 7) is 2.95. The van der Waals surface area contributed by atoms with Gasteiger partial charge in [-0.2, -0.15) is 0 Å². The molecule has 2 fully saturated rings.